The largest absolute Gasteiger partial charge is 1.00 e. The Morgan fingerprint density at radius 1 is 1.33 bits per heavy atom. The number of nitrogens with zero attached hydrogens (tertiary/aromatic N) is 1. The summed E-state index contributed by atoms with van der Waals surface area (Å²) in [7, 11) is 0. The number of carbonyl (C=O) groups excluding carboxylic acids is 3. The topological polar surface area (TPSA) is 122 Å². The molecule has 0 spiro atoms. The fourth-order valence-corrected chi connectivity index (χ4v) is 3.61. The Bertz CT molecular complexity index is 791. The average molecular weight is 381 g/mol. The second-order valence-electron chi connectivity index (χ2n) is 6.42. The number of β-lactam (4-membered cyclic amide) rings is 1. The first-order valence-electron chi connectivity index (χ1n) is 8.46. The molecule has 3 rings (SSSR count). The predicted molar refractivity (Wildman–Crippen MR) is 91.5 cm³/mol. The number of benzene rings is 1. The van der Waals surface area contributed by atoms with Crippen molar-refractivity contribution in [3.05, 3.63) is 35.5 Å². The number of carbonyl (C=O) groups is 3. The van der Waals surface area contributed by atoms with Crippen LogP contribution in [0.1, 0.15) is 25.8 Å². The summed E-state index contributed by atoms with van der Waals surface area (Å²) in [6, 6.07) is 6.01. The molecule has 138 valence electrons. The van der Waals surface area contributed by atoms with Crippen molar-refractivity contribution >= 4 is 29.2 Å². The van der Waals surface area contributed by atoms with Gasteiger partial charge in [-0.15, -0.1) is 0 Å². The molecule has 0 unspecified atom stereocenters. The molecule has 2 aliphatic heterocycles. The summed E-state index contributed by atoms with van der Waals surface area (Å²) >= 11 is 0. The third-order valence-electron chi connectivity index (χ3n) is 4.75. The normalized spacial score (nSPS) is 21.7. The zero-order valence-electron chi connectivity index (χ0n) is 15.5. The second-order valence-corrected chi connectivity index (χ2v) is 6.42. The van der Waals surface area contributed by atoms with Crippen molar-refractivity contribution in [1.29, 1.82) is 0 Å². The molecule has 1 saturated heterocycles. The van der Waals surface area contributed by atoms with E-state index < -0.39 is 23.9 Å². The van der Waals surface area contributed by atoms with Gasteiger partial charge in [-0.3, -0.25) is 4.79 Å². The van der Waals surface area contributed by atoms with Gasteiger partial charge in [-0.05, 0) is 43.5 Å². The van der Waals surface area contributed by atoms with Crippen LogP contribution in [-0.2, 0) is 9.59 Å². The number of fused-ring (bicyclic) bond motifs is 1. The number of aliphatic carboxylic acids is 1. The van der Waals surface area contributed by atoms with Crippen LogP contribution in [0.15, 0.2) is 30.0 Å². The van der Waals surface area contributed by atoms with Gasteiger partial charge in [0, 0.05) is 12.2 Å². The van der Waals surface area contributed by atoms with Crippen molar-refractivity contribution in [1.82, 2.24) is 10.2 Å². The van der Waals surface area contributed by atoms with Gasteiger partial charge in [-0.2, -0.15) is 0 Å². The maximum atomic E-state index is 12.2. The number of rotatable bonds is 5. The van der Waals surface area contributed by atoms with Gasteiger partial charge in [0.25, 0.3) is 0 Å². The Balaban J connectivity index is 0.00000261. The van der Waals surface area contributed by atoms with E-state index in [9.17, 15) is 24.6 Å². The van der Waals surface area contributed by atoms with Crippen molar-refractivity contribution in [2.24, 2.45) is 5.92 Å². The number of aliphatic hydroxyl groups is 1. The fraction of sp³-hybridized carbons (Fsp3) is 0.389. The third-order valence-corrected chi connectivity index (χ3v) is 4.75. The van der Waals surface area contributed by atoms with Crippen molar-refractivity contribution in [3.63, 3.8) is 0 Å². The van der Waals surface area contributed by atoms with Crippen LogP contribution in [0.25, 0.3) is 5.57 Å². The van der Waals surface area contributed by atoms with Crippen molar-refractivity contribution < 1.29 is 54.2 Å². The van der Waals surface area contributed by atoms with Crippen LogP contribution >= 0.6 is 0 Å². The van der Waals surface area contributed by atoms with Crippen LogP contribution < -0.4 is 45.3 Å². The standard InChI is InChI=1S/C18H21N3O5.Na/c1-3-19-18(26)20-11-6-4-10(5-7-11)12-8-13-14(9(2)22)16(23)21(13)15(12)17(24)25;/h4-7,9,13-14,22H,3,8H2,1-2H3,(H,24,25)(H2,19,20,26);/q;+1/p-1/t9-,13-,14-;/m1./s1. The van der Waals surface area contributed by atoms with Crippen LogP contribution in [-0.4, -0.2) is 46.6 Å². The van der Waals surface area contributed by atoms with Gasteiger partial charge in [0.05, 0.1) is 29.7 Å². The number of hydrogen-bond donors (Lipinski definition) is 3. The molecule has 1 aromatic rings. The first-order chi connectivity index (χ1) is 12.3. The van der Waals surface area contributed by atoms with Crippen LogP contribution in [0.5, 0.6) is 0 Å². The molecule has 0 saturated carbocycles. The molecule has 3 N–H and O–H groups in total. The van der Waals surface area contributed by atoms with Crippen LogP contribution in [0.2, 0.25) is 0 Å². The minimum Gasteiger partial charge on any atom is -0.543 e. The van der Waals surface area contributed by atoms with E-state index in [1.54, 1.807) is 24.3 Å². The van der Waals surface area contributed by atoms with E-state index in [-0.39, 0.29) is 47.3 Å². The van der Waals surface area contributed by atoms with Gasteiger partial charge in [0.1, 0.15) is 0 Å². The summed E-state index contributed by atoms with van der Waals surface area (Å²) in [4.78, 5) is 36.5. The molecule has 1 fully saturated rings. The Kier molecular flexibility index (Phi) is 6.69. The van der Waals surface area contributed by atoms with E-state index in [2.05, 4.69) is 10.6 Å². The van der Waals surface area contributed by atoms with Gasteiger partial charge in [0.15, 0.2) is 0 Å². The summed E-state index contributed by atoms with van der Waals surface area (Å²) < 4.78 is 0. The quantitative estimate of drug-likeness (QED) is 0.369. The van der Waals surface area contributed by atoms with Gasteiger partial charge in [0.2, 0.25) is 5.91 Å². The third kappa shape index (κ3) is 3.89. The Morgan fingerprint density at radius 2 is 1.96 bits per heavy atom. The zero-order valence-corrected chi connectivity index (χ0v) is 17.5. The molecule has 27 heavy (non-hydrogen) atoms. The Hall–Kier alpha value is -1.87. The van der Waals surface area contributed by atoms with E-state index in [1.807, 2.05) is 6.92 Å². The van der Waals surface area contributed by atoms with Gasteiger partial charge >= 0.3 is 35.6 Å². The molecule has 0 aromatic heterocycles. The summed E-state index contributed by atoms with van der Waals surface area (Å²) in [6.07, 6.45) is -0.497. The Labute approximate surface area is 178 Å². The van der Waals surface area contributed by atoms with Crippen molar-refractivity contribution in [2.75, 3.05) is 11.9 Å². The number of urea groups is 1. The summed E-state index contributed by atoms with van der Waals surface area (Å²) in [5, 5.41) is 26.6. The minimum absolute atomic E-state index is 0. The number of aliphatic hydroxyl groups excluding tert-OH is 1. The molecule has 8 nitrogen and oxygen atoms in total. The average Bonchev–Trinajstić information content (AvgIpc) is 2.90. The van der Waals surface area contributed by atoms with Gasteiger partial charge in [-0.25, -0.2) is 4.79 Å². The van der Waals surface area contributed by atoms with Crippen LogP contribution in [0, 0.1) is 5.92 Å². The van der Waals surface area contributed by atoms with E-state index in [4.69, 9.17) is 0 Å². The molecular weight excluding hydrogens is 361 g/mol. The summed E-state index contributed by atoms with van der Waals surface area (Å²) in [5.74, 6) is -2.40. The first-order valence-corrected chi connectivity index (χ1v) is 8.46. The molecule has 2 heterocycles. The minimum atomic E-state index is -1.41. The molecule has 1 aromatic carbocycles. The number of amides is 3. The van der Waals surface area contributed by atoms with Gasteiger partial charge in [-0.1, -0.05) is 12.1 Å². The summed E-state index contributed by atoms with van der Waals surface area (Å²) in [6.45, 7) is 3.84. The monoisotopic (exact) mass is 381 g/mol. The first kappa shape index (κ1) is 21.4. The molecule has 2 aliphatic rings. The van der Waals surface area contributed by atoms with Crippen LogP contribution in [0.3, 0.4) is 0 Å². The maximum Gasteiger partial charge on any atom is 1.00 e. The number of carboxylic acid groups (broad SMARTS) is 1. The fourth-order valence-electron chi connectivity index (χ4n) is 3.61. The molecular formula is C18H20N3NaO5. The summed E-state index contributed by atoms with van der Waals surface area (Å²) in [5.41, 5.74) is 1.56. The SMILES string of the molecule is CCNC(=O)Nc1ccc(C2=C(C(=O)[O-])N3C(=O)[C@H]([C@@H](C)O)[C@H]3C2)cc1.[Na+]. The molecule has 0 aliphatic carbocycles. The van der Waals surface area contributed by atoms with E-state index in [0.29, 0.717) is 29.8 Å². The van der Waals surface area contributed by atoms with E-state index in [1.165, 1.54) is 11.8 Å². The Morgan fingerprint density at radius 3 is 2.48 bits per heavy atom. The zero-order chi connectivity index (χ0) is 19.0. The van der Waals surface area contributed by atoms with E-state index in [0.717, 1.165) is 0 Å². The predicted octanol–water partition coefficient (Wildman–Crippen LogP) is -3.10. The number of nitrogens with one attached hydrogen (secondary N) is 2. The van der Waals surface area contributed by atoms with Crippen LogP contribution in [0.4, 0.5) is 10.5 Å². The van der Waals surface area contributed by atoms with E-state index >= 15 is 0 Å². The molecule has 0 bridgehead atoms. The molecule has 3 amide bonds. The smallest absolute Gasteiger partial charge is 0.543 e. The molecule has 9 heteroatoms. The van der Waals surface area contributed by atoms with Crippen molar-refractivity contribution in [3.8, 4) is 0 Å². The van der Waals surface area contributed by atoms with Crippen molar-refractivity contribution in [2.45, 2.75) is 32.4 Å². The molecule has 0 radical (unpaired) electrons. The number of carboxylic acids is 1. The number of hydrogen-bond acceptors (Lipinski definition) is 5. The van der Waals surface area contributed by atoms with Gasteiger partial charge < -0.3 is 30.5 Å². The second kappa shape index (κ2) is 8.43. The maximum absolute atomic E-state index is 12.2. The molecule has 3 atom stereocenters. The number of anilines is 1.